The van der Waals surface area contributed by atoms with Crippen molar-refractivity contribution in [2.75, 3.05) is 18.5 Å². The van der Waals surface area contributed by atoms with Gasteiger partial charge < -0.3 is 45.1 Å². The molecule has 1 heterocycles. The molecule has 15 heteroatoms. The molecule has 5 N–H and O–H groups in total. The zero-order valence-corrected chi connectivity index (χ0v) is 41.2. The number of fused-ring (bicyclic) bond motifs is 10. The minimum absolute atomic E-state index is 0.0130. The van der Waals surface area contributed by atoms with Crippen molar-refractivity contribution in [3.8, 4) is 0 Å². The monoisotopic (exact) mass is 944 g/mol. The van der Waals surface area contributed by atoms with Gasteiger partial charge in [-0.25, -0.2) is 4.79 Å². The number of aliphatic hydroxyl groups is 2. The van der Waals surface area contributed by atoms with Gasteiger partial charge in [0.25, 0.3) is 0 Å². The molecule has 1 saturated heterocycles. The van der Waals surface area contributed by atoms with Gasteiger partial charge in [-0.05, 0) is 166 Å². The second kappa shape index (κ2) is 18.1. The molecule has 7 fully saturated rings. The quantitative estimate of drug-likeness (QED) is 0.133. The van der Waals surface area contributed by atoms with Crippen molar-refractivity contribution in [1.82, 2.24) is 10.6 Å². The standard InChI is InChI=1S/C53H73N3O12/c1-47(2,3)66-42(62)16-15-37(56-41(61)29-54-46(64)68-48(4,5)6)44(63)55-33-12-9-31(10-13-33)27-51-19-22-52(23-20-51,24-21-51)45-65-40-26-36-35-14-11-32-25-34(58)17-18-49(32,7)43(35)38(59)28-50(36,8)53(40,67-45)39(60)30-57/h9-10,12-13,17-18,25,35-38,40,43,45,57,59H,11,14-16,19-24,26-30H2,1-8H3,(H,54,64)(H,55,63)(H,56,61)/t35-,36-,37-,38-,40+,43+,45+,49-,50-,51?,52?,53+/m0/s1. The summed E-state index contributed by atoms with van der Waals surface area (Å²) in [6.07, 6.45) is 11.4. The lowest BCUT2D eigenvalue weighted by atomic mass is 9.46. The average Bonchev–Trinajstić information content (AvgIpc) is 3.77. The number of benzene rings is 1. The van der Waals surface area contributed by atoms with Crippen LogP contribution in [0.5, 0.6) is 0 Å². The summed E-state index contributed by atoms with van der Waals surface area (Å²) in [6, 6.07) is 6.58. The highest BCUT2D eigenvalue weighted by Gasteiger charge is 2.77. The minimum Gasteiger partial charge on any atom is -0.460 e. The van der Waals surface area contributed by atoms with E-state index in [0.717, 1.165) is 68.9 Å². The molecule has 1 aromatic rings. The fourth-order valence-electron chi connectivity index (χ4n) is 13.9. The summed E-state index contributed by atoms with van der Waals surface area (Å²) in [5.41, 5.74) is -1.52. The van der Waals surface area contributed by atoms with Crippen molar-refractivity contribution in [1.29, 1.82) is 0 Å². The Hall–Kier alpha value is -4.44. The van der Waals surface area contributed by atoms with Crippen molar-refractivity contribution in [2.45, 2.75) is 180 Å². The molecule has 0 aromatic heterocycles. The molecular formula is C53H73N3O12. The number of ether oxygens (including phenoxy) is 4. The number of ketones is 2. The van der Waals surface area contributed by atoms with Gasteiger partial charge >= 0.3 is 12.1 Å². The number of carbonyl (C=O) groups excluding carboxylic acids is 6. The van der Waals surface area contributed by atoms with E-state index in [2.05, 4.69) is 29.8 Å². The lowest BCUT2D eigenvalue weighted by Gasteiger charge is -2.60. The van der Waals surface area contributed by atoms with Gasteiger partial charge in [0.1, 0.15) is 30.4 Å². The molecule has 0 radical (unpaired) electrons. The van der Waals surface area contributed by atoms with Crippen LogP contribution < -0.4 is 16.0 Å². The summed E-state index contributed by atoms with van der Waals surface area (Å²) in [5.74, 6) is -2.00. The van der Waals surface area contributed by atoms with Crippen LogP contribution >= 0.6 is 0 Å². The van der Waals surface area contributed by atoms with Gasteiger partial charge in [-0.3, -0.25) is 24.0 Å². The summed E-state index contributed by atoms with van der Waals surface area (Å²) in [5, 5.41) is 30.5. The summed E-state index contributed by atoms with van der Waals surface area (Å²) < 4.78 is 24.8. The number of rotatable bonds is 13. The van der Waals surface area contributed by atoms with Crippen LogP contribution in [0.4, 0.5) is 10.5 Å². The predicted molar refractivity (Wildman–Crippen MR) is 251 cm³/mol. The SMILES string of the molecule is CC(C)(C)OC(=O)CC[C@H](NC(=O)CNC(=O)OC(C)(C)C)C(=O)Nc1ccc(CC23CCC([C@@H]4O[C@@H]5C[C@H]6[C@@H]7CCC8=CC(=O)C=C[C@]8(C)[C@H]7[C@@H](O)C[C@]6(C)[C@]5(C(=O)CO)O4)(CC2)CC3)cc1. The Morgan fingerprint density at radius 1 is 0.926 bits per heavy atom. The van der Waals surface area contributed by atoms with Crippen LogP contribution in [0.1, 0.15) is 138 Å². The van der Waals surface area contributed by atoms with E-state index in [1.165, 1.54) is 0 Å². The average molecular weight is 944 g/mol. The van der Waals surface area contributed by atoms with Crippen LogP contribution in [0.3, 0.4) is 0 Å². The van der Waals surface area contributed by atoms with Crippen molar-refractivity contribution < 1.29 is 57.9 Å². The van der Waals surface area contributed by atoms with E-state index >= 15 is 0 Å². The number of Topliss-reactive ketones (excluding diaryl/α,β-unsaturated/α-hetero) is 1. The molecule has 8 aliphatic rings. The molecule has 7 aliphatic carbocycles. The normalized spacial score (nSPS) is 36.3. The summed E-state index contributed by atoms with van der Waals surface area (Å²) in [6.45, 7) is 13.5. The fourth-order valence-corrected chi connectivity index (χ4v) is 13.9. The number of aliphatic hydroxyl groups excluding tert-OH is 2. The number of carbonyl (C=O) groups is 6. The molecule has 1 aliphatic heterocycles. The highest BCUT2D eigenvalue weighted by atomic mass is 16.7. The highest BCUT2D eigenvalue weighted by molar-refractivity contribution is 6.01. The molecule has 1 aromatic carbocycles. The van der Waals surface area contributed by atoms with Crippen molar-refractivity contribution in [2.24, 2.45) is 39.4 Å². The van der Waals surface area contributed by atoms with Crippen LogP contribution in [0.25, 0.3) is 0 Å². The molecule has 2 bridgehead atoms. The third-order valence-corrected chi connectivity index (χ3v) is 17.1. The lowest BCUT2D eigenvalue weighted by Crippen LogP contribution is -2.64. The Labute approximate surface area is 400 Å². The molecule has 68 heavy (non-hydrogen) atoms. The number of alkyl carbamates (subject to hydrolysis) is 1. The molecule has 372 valence electrons. The maximum atomic E-state index is 14.2. The number of nitrogens with one attached hydrogen (secondary N) is 3. The maximum absolute atomic E-state index is 14.2. The number of hydrogen-bond donors (Lipinski definition) is 5. The minimum atomic E-state index is -1.36. The first kappa shape index (κ1) is 50.0. The first-order valence-corrected chi connectivity index (χ1v) is 24.8. The molecule has 6 saturated carbocycles. The van der Waals surface area contributed by atoms with Crippen LogP contribution in [-0.2, 0) is 49.3 Å². The predicted octanol–water partition coefficient (Wildman–Crippen LogP) is 6.57. The van der Waals surface area contributed by atoms with Gasteiger partial charge in [0, 0.05) is 34.3 Å². The van der Waals surface area contributed by atoms with E-state index in [-0.39, 0.29) is 53.0 Å². The highest BCUT2D eigenvalue weighted by Crippen LogP contribution is 2.71. The van der Waals surface area contributed by atoms with Gasteiger partial charge in [-0.15, -0.1) is 0 Å². The molecule has 9 rings (SSSR count). The summed E-state index contributed by atoms with van der Waals surface area (Å²) in [7, 11) is 0. The molecule has 0 spiro atoms. The zero-order valence-electron chi connectivity index (χ0n) is 41.2. The largest absolute Gasteiger partial charge is 0.460 e. The maximum Gasteiger partial charge on any atom is 0.408 e. The van der Waals surface area contributed by atoms with E-state index in [1.54, 1.807) is 53.7 Å². The van der Waals surface area contributed by atoms with Crippen LogP contribution in [0.15, 0.2) is 48.1 Å². The van der Waals surface area contributed by atoms with Crippen LogP contribution in [0, 0.1) is 39.4 Å². The third-order valence-electron chi connectivity index (χ3n) is 17.1. The van der Waals surface area contributed by atoms with Crippen molar-refractivity contribution >= 4 is 41.1 Å². The van der Waals surface area contributed by atoms with Gasteiger partial charge in [-0.1, -0.05) is 37.6 Å². The number of esters is 1. The van der Waals surface area contributed by atoms with E-state index < -0.39 is 89.2 Å². The van der Waals surface area contributed by atoms with E-state index in [4.69, 9.17) is 18.9 Å². The number of amides is 3. The lowest BCUT2D eigenvalue weighted by molar-refractivity contribution is -0.239. The molecular weight excluding hydrogens is 871 g/mol. The zero-order chi connectivity index (χ0) is 49.2. The second-order valence-electron chi connectivity index (χ2n) is 23.7. The number of hydrogen-bond acceptors (Lipinski definition) is 12. The fraction of sp³-hybridized carbons (Fsp3) is 0.698. The Morgan fingerprint density at radius 3 is 2.22 bits per heavy atom. The van der Waals surface area contributed by atoms with Crippen molar-refractivity contribution in [3.05, 3.63) is 53.6 Å². The smallest absolute Gasteiger partial charge is 0.408 e. The van der Waals surface area contributed by atoms with Gasteiger partial charge in [0.05, 0.1) is 12.2 Å². The third kappa shape index (κ3) is 9.33. The topological polar surface area (TPSA) is 216 Å². The Morgan fingerprint density at radius 2 is 1.59 bits per heavy atom. The molecule has 10 atom stereocenters. The van der Waals surface area contributed by atoms with Crippen molar-refractivity contribution in [3.63, 3.8) is 0 Å². The Bertz CT molecular complexity index is 2220. The second-order valence-corrected chi connectivity index (χ2v) is 23.7. The molecule has 0 unspecified atom stereocenters. The van der Waals surface area contributed by atoms with Gasteiger partial charge in [0.15, 0.2) is 23.5 Å². The molecule has 3 amide bonds. The molecule has 15 nitrogen and oxygen atoms in total. The van der Waals surface area contributed by atoms with E-state index in [1.807, 2.05) is 30.3 Å². The van der Waals surface area contributed by atoms with Crippen LogP contribution in [0.2, 0.25) is 0 Å². The summed E-state index contributed by atoms with van der Waals surface area (Å²) in [4.78, 5) is 77.8. The van der Waals surface area contributed by atoms with Crippen LogP contribution in [-0.4, -0.2) is 100 Å². The number of anilines is 1. The van der Waals surface area contributed by atoms with Gasteiger partial charge in [0.2, 0.25) is 11.8 Å². The Balaban J connectivity index is 0.893. The van der Waals surface area contributed by atoms with E-state index in [0.29, 0.717) is 18.5 Å². The van der Waals surface area contributed by atoms with Gasteiger partial charge in [-0.2, -0.15) is 0 Å². The first-order chi connectivity index (χ1) is 31.8. The first-order valence-electron chi connectivity index (χ1n) is 24.8. The number of allylic oxidation sites excluding steroid dienone is 4. The van der Waals surface area contributed by atoms with E-state index in [9.17, 15) is 39.0 Å². The Kier molecular flexibility index (Phi) is 13.3. The summed E-state index contributed by atoms with van der Waals surface area (Å²) >= 11 is 0.